The molecule has 2 saturated carbocycles. The maximum atomic E-state index is 12.0. The number of aliphatic hydroxyl groups is 1. The predicted octanol–water partition coefficient (Wildman–Crippen LogP) is 0.0140. The number of rotatable bonds is 4. The first-order chi connectivity index (χ1) is 7.74. The molecule has 3 rings (SSSR count). The predicted molar refractivity (Wildman–Crippen MR) is 59.8 cm³/mol. The van der Waals surface area contributed by atoms with Gasteiger partial charge in [0.25, 0.3) is 0 Å². The van der Waals surface area contributed by atoms with Crippen LogP contribution in [0.25, 0.3) is 0 Å². The van der Waals surface area contributed by atoms with Gasteiger partial charge in [-0.25, -0.2) is 0 Å². The fourth-order valence-electron chi connectivity index (χ4n) is 2.71. The zero-order chi connectivity index (χ0) is 11.1. The molecule has 2 unspecified atom stereocenters. The van der Waals surface area contributed by atoms with E-state index in [9.17, 15) is 9.90 Å². The Balaban J connectivity index is 1.54. The van der Waals surface area contributed by atoms with Gasteiger partial charge in [-0.05, 0) is 43.9 Å². The standard InChI is InChI=1S/C12H20N2O2/c15-9-5-10(13-6-9)12(16)14-11(7-1-2-7)8-3-4-8/h7-11,13,15H,1-6H2,(H,14,16). The van der Waals surface area contributed by atoms with Gasteiger partial charge in [-0.3, -0.25) is 4.79 Å². The summed E-state index contributed by atoms with van der Waals surface area (Å²) in [6.07, 6.45) is 5.33. The molecule has 2 atom stereocenters. The Labute approximate surface area is 95.8 Å². The molecule has 2 aliphatic carbocycles. The van der Waals surface area contributed by atoms with Gasteiger partial charge < -0.3 is 15.7 Å². The van der Waals surface area contributed by atoms with Crippen LogP contribution in [0.15, 0.2) is 0 Å². The minimum absolute atomic E-state index is 0.0975. The molecule has 0 radical (unpaired) electrons. The molecule has 1 aliphatic heterocycles. The monoisotopic (exact) mass is 224 g/mol. The first-order valence-electron chi connectivity index (χ1n) is 6.46. The number of nitrogens with one attached hydrogen (secondary N) is 2. The topological polar surface area (TPSA) is 61.4 Å². The van der Waals surface area contributed by atoms with Gasteiger partial charge in [0.05, 0.1) is 12.1 Å². The summed E-state index contributed by atoms with van der Waals surface area (Å²) in [5.41, 5.74) is 0. The van der Waals surface area contributed by atoms with Crippen LogP contribution in [-0.2, 0) is 4.79 Å². The Bertz CT molecular complexity index is 275. The van der Waals surface area contributed by atoms with Crippen LogP contribution in [0.4, 0.5) is 0 Å². The first-order valence-corrected chi connectivity index (χ1v) is 6.46. The van der Waals surface area contributed by atoms with Gasteiger partial charge in [-0.2, -0.15) is 0 Å². The maximum Gasteiger partial charge on any atom is 0.237 e. The molecular formula is C12H20N2O2. The summed E-state index contributed by atoms with van der Waals surface area (Å²) >= 11 is 0. The minimum atomic E-state index is -0.351. The highest BCUT2D eigenvalue weighted by molar-refractivity contribution is 5.82. The van der Waals surface area contributed by atoms with Crippen molar-refractivity contribution < 1.29 is 9.90 Å². The van der Waals surface area contributed by atoms with Gasteiger partial charge in [0.2, 0.25) is 5.91 Å². The molecular weight excluding hydrogens is 204 g/mol. The van der Waals surface area contributed by atoms with E-state index < -0.39 is 0 Å². The normalized spacial score (nSPS) is 34.4. The van der Waals surface area contributed by atoms with Gasteiger partial charge in [0.15, 0.2) is 0 Å². The molecule has 3 aliphatic rings. The molecule has 4 heteroatoms. The van der Waals surface area contributed by atoms with E-state index in [0.29, 0.717) is 19.0 Å². The SMILES string of the molecule is O=C(NC(C1CC1)C1CC1)C1CC(O)CN1. The van der Waals surface area contributed by atoms with Crippen LogP contribution in [0.3, 0.4) is 0 Å². The Morgan fingerprint density at radius 1 is 1.25 bits per heavy atom. The van der Waals surface area contributed by atoms with E-state index in [2.05, 4.69) is 10.6 Å². The quantitative estimate of drug-likeness (QED) is 0.630. The maximum absolute atomic E-state index is 12.0. The van der Waals surface area contributed by atoms with Gasteiger partial charge >= 0.3 is 0 Å². The zero-order valence-electron chi connectivity index (χ0n) is 9.48. The van der Waals surface area contributed by atoms with Crippen LogP contribution in [-0.4, -0.2) is 35.7 Å². The van der Waals surface area contributed by atoms with Crippen LogP contribution in [0.1, 0.15) is 32.1 Å². The van der Waals surface area contributed by atoms with Crippen molar-refractivity contribution in [3.8, 4) is 0 Å². The van der Waals surface area contributed by atoms with E-state index in [1.54, 1.807) is 0 Å². The molecule has 0 aromatic rings. The third-order valence-corrected chi connectivity index (χ3v) is 3.99. The number of amides is 1. The van der Waals surface area contributed by atoms with Crippen molar-refractivity contribution in [3.05, 3.63) is 0 Å². The summed E-state index contributed by atoms with van der Waals surface area (Å²) in [4.78, 5) is 12.0. The first kappa shape index (κ1) is 10.5. The van der Waals surface area contributed by atoms with Crippen LogP contribution >= 0.6 is 0 Å². The third kappa shape index (κ3) is 2.23. The average Bonchev–Trinajstić information content (AvgIpc) is 3.14. The van der Waals surface area contributed by atoms with Gasteiger partial charge in [0.1, 0.15) is 0 Å². The van der Waals surface area contributed by atoms with Crippen molar-refractivity contribution in [2.24, 2.45) is 11.8 Å². The average molecular weight is 224 g/mol. The Morgan fingerprint density at radius 3 is 2.31 bits per heavy atom. The summed E-state index contributed by atoms with van der Waals surface area (Å²) < 4.78 is 0. The molecule has 1 amide bonds. The van der Waals surface area contributed by atoms with E-state index in [-0.39, 0.29) is 18.1 Å². The summed E-state index contributed by atoms with van der Waals surface area (Å²) in [6.45, 7) is 0.551. The largest absolute Gasteiger partial charge is 0.392 e. The van der Waals surface area contributed by atoms with E-state index in [1.165, 1.54) is 25.7 Å². The summed E-state index contributed by atoms with van der Waals surface area (Å²) in [7, 11) is 0. The minimum Gasteiger partial charge on any atom is -0.392 e. The molecule has 0 aromatic carbocycles. The molecule has 3 fully saturated rings. The molecule has 4 nitrogen and oxygen atoms in total. The number of aliphatic hydroxyl groups excluding tert-OH is 1. The van der Waals surface area contributed by atoms with E-state index in [4.69, 9.17) is 0 Å². The van der Waals surface area contributed by atoms with Crippen molar-refractivity contribution in [2.45, 2.75) is 50.3 Å². The van der Waals surface area contributed by atoms with E-state index in [1.807, 2.05) is 0 Å². The number of β-amino-alcohol motifs (C(OH)–C–C–N with tert-alkyl or cyclic N) is 1. The van der Waals surface area contributed by atoms with Crippen LogP contribution in [0.5, 0.6) is 0 Å². The van der Waals surface area contributed by atoms with Crippen molar-refractivity contribution in [1.29, 1.82) is 0 Å². The van der Waals surface area contributed by atoms with Gasteiger partial charge in [-0.1, -0.05) is 0 Å². The number of hydrogen-bond donors (Lipinski definition) is 3. The second-order valence-electron chi connectivity index (χ2n) is 5.56. The number of hydrogen-bond acceptors (Lipinski definition) is 3. The molecule has 0 bridgehead atoms. The van der Waals surface area contributed by atoms with E-state index in [0.717, 1.165) is 11.8 Å². The highest BCUT2D eigenvalue weighted by Crippen LogP contribution is 2.44. The lowest BCUT2D eigenvalue weighted by Gasteiger charge is -2.20. The molecule has 0 spiro atoms. The van der Waals surface area contributed by atoms with Crippen molar-refractivity contribution in [3.63, 3.8) is 0 Å². The molecule has 1 saturated heterocycles. The van der Waals surface area contributed by atoms with E-state index >= 15 is 0 Å². The van der Waals surface area contributed by atoms with Gasteiger partial charge in [-0.15, -0.1) is 0 Å². The van der Waals surface area contributed by atoms with Crippen molar-refractivity contribution >= 4 is 5.91 Å². The summed E-state index contributed by atoms with van der Waals surface area (Å²) in [5, 5.41) is 15.6. The molecule has 90 valence electrons. The second-order valence-corrected chi connectivity index (χ2v) is 5.56. The van der Waals surface area contributed by atoms with Gasteiger partial charge in [0, 0.05) is 12.6 Å². The molecule has 0 aromatic heterocycles. The second kappa shape index (κ2) is 4.00. The summed E-state index contributed by atoms with van der Waals surface area (Å²) in [6, 6.07) is 0.252. The lowest BCUT2D eigenvalue weighted by atomic mass is 10.1. The highest BCUT2D eigenvalue weighted by Gasteiger charge is 2.43. The Hall–Kier alpha value is -0.610. The Kier molecular flexibility index (Phi) is 2.64. The van der Waals surface area contributed by atoms with Crippen LogP contribution < -0.4 is 10.6 Å². The van der Waals surface area contributed by atoms with Crippen molar-refractivity contribution in [1.82, 2.24) is 10.6 Å². The smallest absolute Gasteiger partial charge is 0.237 e. The molecule has 3 N–H and O–H groups in total. The number of carbonyl (C=O) groups excluding carboxylic acids is 1. The fraction of sp³-hybridized carbons (Fsp3) is 0.917. The lowest BCUT2D eigenvalue weighted by molar-refractivity contribution is -0.124. The molecule has 16 heavy (non-hydrogen) atoms. The molecule has 1 heterocycles. The fourth-order valence-corrected chi connectivity index (χ4v) is 2.71. The highest BCUT2D eigenvalue weighted by atomic mass is 16.3. The third-order valence-electron chi connectivity index (χ3n) is 3.99. The summed E-state index contributed by atoms with van der Waals surface area (Å²) in [5.74, 6) is 1.57. The number of carbonyl (C=O) groups is 1. The lowest BCUT2D eigenvalue weighted by Crippen LogP contribution is -2.46. The Morgan fingerprint density at radius 2 is 1.88 bits per heavy atom. The van der Waals surface area contributed by atoms with Crippen LogP contribution in [0.2, 0.25) is 0 Å². The van der Waals surface area contributed by atoms with Crippen LogP contribution in [0, 0.1) is 11.8 Å². The van der Waals surface area contributed by atoms with Crippen molar-refractivity contribution in [2.75, 3.05) is 6.54 Å². The zero-order valence-corrected chi connectivity index (χ0v) is 9.48.